The molecule has 0 saturated heterocycles. The van der Waals surface area contributed by atoms with Crippen molar-refractivity contribution < 1.29 is 13.2 Å². The second-order valence-electron chi connectivity index (χ2n) is 11.1. The number of thiophene rings is 1. The number of hydrogen-bond donors (Lipinski definition) is 0. The zero-order valence-electron chi connectivity index (χ0n) is 20.5. The van der Waals surface area contributed by atoms with E-state index in [1.807, 2.05) is 36.4 Å². The summed E-state index contributed by atoms with van der Waals surface area (Å²) in [7, 11) is 0. The molecule has 178 valence electrons. The van der Waals surface area contributed by atoms with Gasteiger partial charge in [-0.1, -0.05) is 6.07 Å². The first-order valence-corrected chi connectivity index (χ1v) is 20.0. The Hall–Kier alpha value is -2.12. The summed E-state index contributed by atoms with van der Waals surface area (Å²) in [6, 6.07) is 17.7. The summed E-state index contributed by atoms with van der Waals surface area (Å²) >= 11 is -0.401. The molecule has 2 heterocycles. The molecule has 2 aromatic carbocycles. The fourth-order valence-electron chi connectivity index (χ4n) is 4.26. The van der Waals surface area contributed by atoms with Gasteiger partial charge in [0.2, 0.25) is 0 Å². The fourth-order valence-corrected chi connectivity index (χ4v) is 10.3. The molecule has 0 radical (unpaired) electrons. The Balaban J connectivity index is 1.89. The van der Waals surface area contributed by atoms with Gasteiger partial charge in [-0.05, 0) is 0 Å². The molecule has 0 aliphatic heterocycles. The summed E-state index contributed by atoms with van der Waals surface area (Å²) in [5.74, 6) is 6.95. The van der Waals surface area contributed by atoms with Crippen molar-refractivity contribution >= 4 is 35.4 Å². The van der Waals surface area contributed by atoms with E-state index in [1.54, 1.807) is 6.07 Å². The van der Waals surface area contributed by atoms with Crippen molar-refractivity contribution in [2.45, 2.75) is 54.9 Å². The van der Waals surface area contributed by atoms with Crippen LogP contribution in [-0.2, 0) is 16.8 Å². The molecule has 0 bridgehead atoms. The number of benzene rings is 2. The first kappa shape index (κ1) is 25.0. The predicted molar refractivity (Wildman–Crippen MR) is 141 cm³/mol. The molecule has 0 atom stereocenters. The maximum absolute atomic E-state index is 13.9. The van der Waals surface area contributed by atoms with Crippen molar-refractivity contribution in [2.75, 3.05) is 0 Å². The van der Waals surface area contributed by atoms with Crippen LogP contribution in [0.2, 0.25) is 17.3 Å². The monoisotopic (exact) mass is 543 g/mol. The van der Waals surface area contributed by atoms with Crippen LogP contribution < -0.4 is 0 Å². The summed E-state index contributed by atoms with van der Waals surface area (Å²) in [5.41, 5.74) is 1.95. The molecule has 0 unspecified atom stereocenters. The number of aromatic nitrogens is 1. The van der Waals surface area contributed by atoms with Crippen LogP contribution in [-0.4, -0.2) is 18.3 Å². The van der Waals surface area contributed by atoms with E-state index in [9.17, 15) is 13.2 Å². The molecule has 0 aliphatic rings. The van der Waals surface area contributed by atoms with Crippen molar-refractivity contribution in [3.05, 3.63) is 76.8 Å². The van der Waals surface area contributed by atoms with Crippen molar-refractivity contribution in [1.82, 2.24) is 4.98 Å². The molecular formula is C28H30F3GeNS. The zero-order chi connectivity index (χ0) is 24.9. The van der Waals surface area contributed by atoms with Gasteiger partial charge in [0.15, 0.2) is 0 Å². The van der Waals surface area contributed by atoms with Crippen LogP contribution in [0.3, 0.4) is 0 Å². The van der Waals surface area contributed by atoms with Crippen LogP contribution in [0.4, 0.5) is 13.2 Å². The van der Waals surface area contributed by atoms with Gasteiger partial charge >= 0.3 is 201 Å². The molecular weight excluding hydrogens is 512 g/mol. The van der Waals surface area contributed by atoms with E-state index in [-0.39, 0.29) is 11.0 Å². The molecule has 0 fully saturated rings. The van der Waals surface area contributed by atoms with E-state index in [4.69, 9.17) is 0 Å². The van der Waals surface area contributed by atoms with Crippen LogP contribution >= 0.6 is 11.3 Å². The maximum atomic E-state index is 13.9. The Morgan fingerprint density at radius 1 is 0.882 bits per heavy atom. The Bertz CT molecular complexity index is 1340. The molecule has 0 aliphatic carbocycles. The van der Waals surface area contributed by atoms with Crippen LogP contribution in [0, 0.1) is 0 Å². The summed E-state index contributed by atoms with van der Waals surface area (Å²) < 4.78 is 41.8. The van der Waals surface area contributed by atoms with E-state index in [0.29, 0.717) is 10.6 Å². The quantitative estimate of drug-likeness (QED) is 0.234. The van der Waals surface area contributed by atoms with Crippen molar-refractivity contribution in [2.24, 2.45) is 0 Å². The number of fused-ring (bicyclic) bond motifs is 1. The van der Waals surface area contributed by atoms with Gasteiger partial charge in [-0.2, -0.15) is 0 Å². The van der Waals surface area contributed by atoms with Gasteiger partial charge in [0, 0.05) is 0 Å². The summed E-state index contributed by atoms with van der Waals surface area (Å²) in [6.45, 7) is 6.45. The Morgan fingerprint density at radius 3 is 2.24 bits per heavy atom. The molecule has 4 aromatic rings. The number of halogens is 3. The molecule has 34 heavy (non-hydrogen) atoms. The van der Waals surface area contributed by atoms with E-state index < -0.39 is 25.0 Å². The minimum atomic E-state index is -4.47. The first-order valence-electron chi connectivity index (χ1n) is 11.4. The molecule has 4 rings (SSSR count). The van der Waals surface area contributed by atoms with E-state index in [2.05, 4.69) is 55.2 Å². The summed E-state index contributed by atoms with van der Waals surface area (Å²) in [5, 5.41) is 3.22. The van der Waals surface area contributed by atoms with Gasteiger partial charge in [-0.15, -0.1) is 0 Å². The number of rotatable bonds is 4. The molecule has 2 aromatic heterocycles. The standard InChI is InChI=1S/C28H30F3GeNS/c1-27(2,3)23-14-19(13-18-9-7-8-10-21(18)23)25-15-22(24(17-33-25)28(29,30)31)26-12-11-20(34-26)16-32(4,5)6/h7-15,17H,16H2,1-6H3. The number of hydrogen-bond acceptors (Lipinski definition) is 2. The minimum absolute atomic E-state index is 0.120. The third kappa shape index (κ3) is 5.41. The van der Waals surface area contributed by atoms with Crippen LogP contribution in [0.5, 0.6) is 0 Å². The number of nitrogens with zero attached hydrogens (tertiary/aromatic N) is 1. The Morgan fingerprint density at radius 2 is 1.59 bits per heavy atom. The molecule has 0 spiro atoms. The fraction of sp³-hybridized carbons (Fsp3) is 0.321. The Kier molecular flexibility index (Phi) is 6.49. The molecule has 0 saturated carbocycles. The molecule has 0 amide bonds. The Labute approximate surface area is 206 Å². The van der Waals surface area contributed by atoms with Gasteiger partial charge in [-0.3, -0.25) is 0 Å². The van der Waals surface area contributed by atoms with Gasteiger partial charge in [-0.25, -0.2) is 0 Å². The van der Waals surface area contributed by atoms with Crippen molar-refractivity contribution in [1.29, 1.82) is 0 Å². The molecule has 6 heteroatoms. The van der Waals surface area contributed by atoms with Crippen LogP contribution in [0.25, 0.3) is 32.5 Å². The van der Waals surface area contributed by atoms with Crippen molar-refractivity contribution in [3.8, 4) is 21.7 Å². The van der Waals surface area contributed by atoms with Gasteiger partial charge in [0.05, 0.1) is 0 Å². The van der Waals surface area contributed by atoms with E-state index >= 15 is 0 Å². The second kappa shape index (κ2) is 8.83. The summed E-state index contributed by atoms with van der Waals surface area (Å²) in [4.78, 5) is 6.10. The van der Waals surface area contributed by atoms with Crippen molar-refractivity contribution in [3.63, 3.8) is 0 Å². The van der Waals surface area contributed by atoms with Gasteiger partial charge in [0.25, 0.3) is 0 Å². The molecule has 0 N–H and O–H groups in total. The zero-order valence-corrected chi connectivity index (χ0v) is 23.4. The number of alkyl halides is 3. The van der Waals surface area contributed by atoms with Gasteiger partial charge in [0.1, 0.15) is 0 Å². The third-order valence-electron chi connectivity index (χ3n) is 5.81. The SMILES string of the molecule is CC(C)(C)c1cc(-c2cc(-c3ccc([CH2][Ge]([CH3])([CH3])[CH3])s3)c(C(F)(F)F)cn2)cc2ccccc12. The second-order valence-corrected chi connectivity index (χ2v) is 23.8. The predicted octanol–water partition coefficient (Wildman–Crippen LogP) is 9.37. The summed E-state index contributed by atoms with van der Waals surface area (Å²) in [6.07, 6.45) is -3.47. The average Bonchev–Trinajstić information content (AvgIpc) is 3.17. The topological polar surface area (TPSA) is 12.9 Å². The third-order valence-corrected chi connectivity index (χ3v) is 10.5. The van der Waals surface area contributed by atoms with E-state index in [0.717, 1.165) is 38.2 Å². The molecule has 1 nitrogen and oxygen atoms in total. The van der Waals surface area contributed by atoms with Crippen LogP contribution in [0.1, 0.15) is 36.8 Å². The normalized spacial score (nSPS) is 13.0. The van der Waals surface area contributed by atoms with E-state index in [1.165, 1.54) is 11.3 Å². The first-order chi connectivity index (χ1) is 15.7. The average molecular weight is 542 g/mol. The number of pyridine rings is 1. The van der Waals surface area contributed by atoms with Crippen LogP contribution in [0.15, 0.2) is 60.8 Å². The van der Waals surface area contributed by atoms with Gasteiger partial charge < -0.3 is 0 Å².